The number of aryl methyl sites for hydroxylation is 2. The number of fused-ring (bicyclic) bond motifs is 1. The molecule has 0 radical (unpaired) electrons. The Hall–Kier alpha value is -3.91. The molecule has 0 saturated heterocycles. The van der Waals surface area contributed by atoms with E-state index < -0.39 is 11.5 Å². The molecule has 0 atom stereocenters. The molecule has 8 nitrogen and oxygen atoms in total. The van der Waals surface area contributed by atoms with E-state index in [4.69, 9.17) is 11.6 Å². The Morgan fingerprint density at radius 3 is 2.42 bits per heavy atom. The topological polar surface area (TPSA) is 97.5 Å². The molecule has 0 spiro atoms. The smallest absolute Gasteiger partial charge is 0.291 e. The second kappa shape index (κ2) is 9.30. The number of anilines is 1. The van der Waals surface area contributed by atoms with Gasteiger partial charge in [-0.15, -0.1) is 0 Å². The average Bonchev–Trinajstić information content (AvgIpc) is 3.06. The molecule has 0 bridgehead atoms. The van der Waals surface area contributed by atoms with Crippen molar-refractivity contribution in [1.29, 1.82) is 0 Å². The summed E-state index contributed by atoms with van der Waals surface area (Å²) in [5.41, 5.74) is 2.96. The molecule has 0 aliphatic rings. The van der Waals surface area contributed by atoms with Gasteiger partial charge in [-0.05, 0) is 49.2 Å². The van der Waals surface area contributed by atoms with Gasteiger partial charge in [-0.1, -0.05) is 41.9 Å². The summed E-state index contributed by atoms with van der Waals surface area (Å²) >= 11 is 5.86. The van der Waals surface area contributed by atoms with E-state index in [-0.39, 0.29) is 12.5 Å². The Morgan fingerprint density at radius 1 is 1.03 bits per heavy atom. The largest absolute Gasteiger partial charge is 0.348 e. The minimum atomic E-state index is -0.452. The number of hydrogen-bond donors (Lipinski definition) is 2. The molecule has 2 heterocycles. The van der Waals surface area contributed by atoms with Gasteiger partial charge in [0.2, 0.25) is 5.91 Å². The number of benzene rings is 2. The van der Waals surface area contributed by atoms with Crippen LogP contribution in [0.3, 0.4) is 0 Å². The van der Waals surface area contributed by atoms with Crippen LogP contribution in [-0.4, -0.2) is 26.0 Å². The quantitative estimate of drug-likeness (QED) is 0.458. The fourth-order valence-corrected chi connectivity index (χ4v) is 3.86. The molecule has 4 aromatic rings. The maximum absolute atomic E-state index is 13.1. The molecule has 2 N–H and O–H groups in total. The van der Waals surface area contributed by atoms with Crippen molar-refractivity contribution in [3.05, 3.63) is 98.7 Å². The van der Waals surface area contributed by atoms with E-state index in [1.165, 1.54) is 6.33 Å². The molecule has 0 aliphatic heterocycles. The Balaban J connectivity index is 1.57. The van der Waals surface area contributed by atoms with Gasteiger partial charge in [0.25, 0.3) is 11.5 Å². The van der Waals surface area contributed by atoms with Crippen LogP contribution in [0.4, 0.5) is 5.69 Å². The Kier molecular flexibility index (Phi) is 6.28. The third-order valence-electron chi connectivity index (χ3n) is 5.38. The van der Waals surface area contributed by atoms with Crippen molar-refractivity contribution in [3.8, 4) is 0 Å². The summed E-state index contributed by atoms with van der Waals surface area (Å²) in [6.45, 7) is 3.59. The molecule has 168 valence electrons. The van der Waals surface area contributed by atoms with Crippen molar-refractivity contribution >= 4 is 34.6 Å². The third-order valence-corrected chi connectivity index (χ3v) is 5.63. The highest BCUT2D eigenvalue weighted by Crippen LogP contribution is 2.20. The molecule has 0 fully saturated rings. The summed E-state index contributed by atoms with van der Waals surface area (Å²) in [5.74, 6) is -0.679. The zero-order valence-corrected chi connectivity index (χ0v) is 18.9. The van der Waals surface area contributed by atoms with Crippen molar-refractivity contribution < 1.29 is 9.59 Å². The van der Waals surface area contributed by atoms with Gasteiger partial charge in [0.15, 0.2) is 0 Å². The number of hydrogen-bond acceptors (Lipinski definition) is 4. The molecular weight excluding hydrogens is 442 g/mol. The summed E-state index contributed by atoms with van der Waals surface area (Å²) in [5, 5.41) is 10.3. The standard InChI is InChI=1S/C24H22ClN5O3/c1-15-21(23(32)26-12-17-6-4-3-5-7-17)16(2)29-14-27-30(24(33)22(15)29)13-20(31)28-19-10-8-18(25)9-11-19/h3-11,14H,12-13H2,1-2H3,(H,26,32)(H,28,31). The zero-order valence-electron chi connectivity index (χ0n) is 18.1. The number of aromatic nitrogens is 3. The van der Waals surface area contributed by atoms with E-state index in [9.17, 15) is 14.4 Å². The van der Waals surface area contributed by atoms with Gasteiger partial charge in [0, 0.05) is 22.9 Å². The molecule has 2 aromatic carbocycles. The van der Waals surface area contributed by atoms with Crippen molar-refractivity contribution in [2.75, 3.05) is 5.32 Å². The summed E-state index contributed by atoms with van der Waals surface area (Å²) in [6, 6.07) is 16.2. The number of nitrogens with one attached hydrogen (secondary N) is 2. The molecule has 2 amide bonds. The molecule has 33 heavy (non-hydrogen) atoms. The highest BCUT2D eigenvalue weighted by molar-refractivity contribution is 6.30. The fraction of sp³-hybridized carbons (Fsp3) is 0.167. The van der Waals surface area contributed by atoms with Crippen molar-refractivity contribution in [1.82, 2.24) is 19.5 Å². The molecule has 0 saturated carbocycles. The molecule has 4 rings (SSSR count). The first-order chi connectivity index (χ1) is 15.8. The molecular formula is C24H22ClN5O3. The van der Waals surface area contributed by atoms with Crippen LogP contribution in [0.1, 0.15) is 27.2 Å². The van der Waals surface area contributed by atoms with Gasteiger partial charge in [-0.3, -0.25) is 18.8 Å². The lowest BCUT2D eigenvalue weighted by molar-refractivity contribution is -0.117. The van der Waals surface area contributed by atoms with Crippen LogP contribution in [0.15, 0.2) is 65.7 Å². The second-order valence-electron chi connectivity index (χ2n) is 7.62. The van der Waals surface area contributed by atoms with E-state index in [0.717, 1.165) is 10.2 Å². The summed E-state index contributed by atoms with van der Waals surface area (Å²) in [6.07, 6.45) is 1.45. The highest BCUT2D eigenvalue weighted by atomic mass is 35.5. The summed E-state index contributed by atoms with van der Waals surface area (Å²) < 4.78 is 2.67. The first-order valence-electron chi connectivity index (χ1n) is 10.3. The van der Waals surface area contributed by atoms with Crippen molar-refractivity contribution in [2.24, 2.45) is 0 Å². The minimum absolute atomic E-state index is 0.267. The Bertz CT molecular complexity index is 1390. The fourth-order valence-electron chi connectivity index (χ4n) is 3.74. The van der Waals surface area contributed by atoms with Gasteiger partial charge in [-0.2, -0.15) is 5.10 Å². The van der Waals surface area contributed by atoms with Gasteiger partial charge >= 0.3 is 0 Å². The lowest BCUT2D eigenvalue weighted by atomic mass is 10.1. The van der Waals surface area contributed by atoms with Gasteiger partial charge in [0.05, 0.1) is 5.56 Å². The molecule has 0 aliphatic carbocycles. The Morgan fingerprint density at radius 2 is 1.73 bits per heavy atom. The summed E-state index contributed by atoms with van der Waals surface area (Å²) in [7, 11) is 0. The van der Waals surface area contributed by atoms with Crippen LogP contribution >= 0.6 is 11.6 Å². The van der Waals surface area contributed by atoms with E-state index in [0.29, 0.717) is 39.6 Å². The maximum Gasteiger partial charge on any atom is 0.291 e. The number of rotatable bonds is 6. The lowest BCUT2D eigenvalue weighted by Gasteiger charge is -2.07. The zero-order chi connectivity index (χ0) is 23.5. The minimum Gasteiger partial charge on any atom is -0.348 e. The normalized spacial score (nSPS) is 10.9. The van der Waals surface area contributed by atoms with Crippen LogP contribution in [0.25, 0.3) is 5.52 Å². The van der Waals surface area contributed by atoms with Crippen molar-refractivity contribution in [2.45, 2.75) is 26.9 Å². The Labute approximate surface area is 194 Å². The van der Waals surface area contributed by atoms with Crippen LogP contribution in [0.2, 0.25) is 5.02 Å². The average molecular weight is 464 g/mol. The molecule has 0 unspecified atom stereocenters. The molecule has 2 aromatic heterocycles. The van der Waals surface area contributed by atoms with Crippen LogP contribution in [0.5, 0.6) is 0 Å². The first kappa shape index (κ1) is 22.3. The third kappa shape index (κ3) is 4.65. The highest BCUT2D eigenvalue weighted by Gasteiger charge is 2.22. The second-order valence-corrected chi connectivity index (χ2v) is 8.06. The van der Waals surface area contributed by atoms with Crippen molar-refractivity contribution in [3.63, 3.8) is 0 Å². The number of nitrogens with zero attached hydrogens (tertiary/aromatic N) is 3. The number of carbonyl (C=O) groups excluding carboxylic acids is 2. The predicted octanol–water partition coefficient (Wildman–Crippen LogP) is 3.33. The number of carbonyl (C=O) groups is 2. The van der Waals surface area contributed by atoms with E-state index >= 15 is 0 Å². The van der Waals surface area contributed by atoms with Gasteiger partial charge in [0.1, 0.15) is 18.4 Å². The van der Waals surface area contributed by atoms with E-state index in [2.05, 4.69) is 15.7 Å². The van der Waals surface area contributed by atoms with Gasteiger partial charge in [-0.25, -0.2) is 4.68 Å². The SMILES string of the molecule is Cc1c(C(=O)NCc2ccccc2)c(C)n2cnn(CC(=O)Nc3ccc(Cl)cc3)c(=O)c12. The number of halogens is 1. The molecule has 9 heteroatoms. The first-order valence-corrected chi connectivity index (χ1v) is 10.7. The predicted molar refractivity (Wildman–Crippen MR) is 127 cm³/mol. The van der Waals surface area contributed by atoms with Gasteiger partial charge < -0.3 is 10.6 Å². The van der Waals surface area contributed by atoms with Crippen LogP contribution in [-0.2, 0) is 17.9 Å². The van der Waals surface area contributed by atoms with Crippen LogP contribution < -0.4 is 16.2 Å². The maximum atomic E-state index is 13.1. The monoisotopic (exact) mass is 463 g/mol. The summed E-state index contributed by atoms with van der Waals surface area (Å²) in [4.78, 5) is 38.4. The lowest BCUT2D eigenvalue weighted by Crippen LogP contribution is -2.30. The van der Waals surface area contributed by atoms with Crippen LogP contribution in [0, 0.1) is 13.8 Å². The number of amides is 2. The van der Waals surface area contributed by atoms with E-state index in [1.807, 2.05) is 30.3 Å². The van der Waals surface area contributed by atoms with E-state index in [1.54, 1.807) is 42.5 Å².